The predicted molar refractivity (Wildman–Crippen MR) is 94.5 cm³/mol. The lowest BCUT2D eigenvalue weighted by atomic mass is 9.64. The first-order chi connectivity index (χ1) is 11.3. The van der Waals surface area contributed by atoms with Crippen molar-refractivity contribution in [2.75, 3.05) is 26.4 Å². The van der Waals surface area contributed by atoms with Crippen LogP contribution in [0.15, 0.2) is 55.6 Å². The van der Waals surface area contributed by atoms with E-state index in [1.807, 2.05) is 12.2 Å². The molecule has 2 heteroatoms. The Balaban J connectivity index is 1.88. The van der Waals surface area contributed by atoms with Crippen molar-refractivity contribution in [1.82, 2.24) is 0 Å². The third-order valence-electron chi connectivity index (χ3n) is 5.75. The van der Waals surface area contributed by atoms with Gasteiger partial charge in [-0.25, -0.2) is 0 Å². The van der Waals surface area contributed by atoms with E-state index in [4.69, 9.17) is 9.47 Å². The average molecular weight is 312 g/mol. The van der Waals surface area contributed by atoms with Crippen LogP contribution in [0.5, 0.6) is 0 Å². The lowest BCUT2D eigenvalue weighted by Gasteiger charge is -2.44. The Morgan fingerprint density at radius 1 is 1.00 bits per heavy atom. The van der Waals surface area contributed by atoms with Gasteiger partial charge in [0.25, 0.3) is 0 Å². The number of hydrogen-bond donors (Lipinski definition) is 0. The molecule has 2 bridgehead atoms. The maximum absolute atomic E-state index is 5.98. The molecule has 3 unspecified atom stereocenters. The van der Waals surface area contributed by atoms with E-state index in [1.54, 1.807) is 0 Å². The smallest absolute Gasteiger partial charge is 0.0645 e. The van der Waals surface area contributed by atoms with E-state index in [-0.39, 0.29) is 5.41 Å². The van der Waals surface area contributed by atoms with E-state index in [0.717, 1.165) is 19.1 Å². The Morgan fingerprint density at radius 2 is 1.65 bits per heavy atom. The highest BCUT2D eigenvalue weighted by atomic mass is 16.5. The van der Waals surface area contributed by atoms with Crippen molar-refractivity contribution in [2.45, 2.75) is 25.2 Å². The summed E-state index contributed by atoms with van der Waals surface area (Å²) < 4.78 is 12.0. The van der Waals surface area contributed by atoms with Crippen molar-refractivity contribution in [2.24, 2.45) is 17.3 Å². The second kappa shape index (κ2) is 7.46. The topological polar surface area (TPSA) is 18.5 Å². The fourth-order valence-electron chi connectivity index (χ4n) is 4.95. The molecule has 0 heterocycles. The van der Waals surface area contributed by atoms with Crippen LogP contribution in [-0.4, -0.2) is 26.4 Å². The fourth-order valence-corrected chi connectivity index (χ4v) is 4.95. The second-order valence-corrected chi connectivity index (χ2v) is 7.00. The minimum absolute atomic E-state index is 0.0935. The Bertz CT molecular complexity index is 508. The fraction of sp³-hybridized carbons (Fsp3) is 0.524. The Morgan fingerprint density at radius 3 is 2.26 bits per heavy atom. The molecular weight excluding hydrogens is 284 g/mol. The zero-order valence-electron chi connectivity index (χ0n) is 14.0. The van der Waals surface area contributed by atoms with Gasteiger partial charge in [-0.15, -0.1) is 13.2 Å². The summed E-state index contributed by atoms with van der Waals surface area (Å²) in [7, 11) is 0. The molecule has 23 heavy (non-hydrogen) atoms. The van der Waals surface area contributed by atoms with Crippen LogP contribution in [0.1, 0.15) is 30.7 Å². The van der Waals surface area contributed by atoms with Gasteiger partial charge in [0.1, 0.15) is 0 Å². The summed E-state index contributed by atoms with van der Waals surface area (Å²) in [6.45, 7) is 10.3. The Kier molecular flexibility index (Phi) is 5.34. The van der Waals surface area contributed by atoms with Crippen LogP contribution >= 0.6 is 0 Å². The molecule has 1 aromatic rings. The van der Waals surface area contributed by atoms with Gasteiger partial charge >= 0.3 is 0 Å². The maximum Gasteiger partial charge on any atom is 0.0645 e. The third-order valence-corrected chi connectivity index (χ3v) is 5.75. The summed E-state index contributed by atoms with van der Waals surface area (Å²) in [6, 6.07) is 11.0. The van der Waals surface area contributed by atoms with Crippen LogP contribution in [-0.2, 0) is 9.47 Å². The molecule has 0 saturated heterocycles. The molecule has 0 spiro atoms. The molecular formula is C21H28O2. The second-order valence-electron chi connectivity index (χ2n) is 7.00. The summed E-state index contributed by atoms with van der Waals surface area (Å²) in [6.07, 6.45) is 7.64. The predicted octanol–water partition coefficient (Wildman–Crippen LogP) is 4.59. The van der Waals surface area contributed by atoms with Crippen LogP contribution in [0, 0.1) is 17.3 Å². The number of hydrogen-bond acceptors (Lipinski definition) is 2. The van der Waals surface area contributed by atoms with Crippen molar-refractivity contribution in [3.8, 4) is 0 Å². The van der Waals surface area contributed by atoms with Gasteiger partial charge in [-0.3, -0.25) is 0 Å². The summed E-state index contributed by atoms with van der Waals surface area (Å²) in [5, 5.41) is 0. The molecule has 2 nitrogen and oxygen atoms in total. The van der Waals surface area contributed by atoms with Gasteiger partial charge in [0.05, 0.1) is 26.4 Å². The Hall–Kier alpha value is -1.38. The molecule has 0 amide bonds. The highest BCUT2D eigenvalue weighted by Gasteiger charge is 2.58. The van der Waals surface area contributed by atoms with Crippen LogP contribution in [0.3, 0.4) is 0 Å². The average Bonchev–Trinajstić information content (AvgIpc) is 3.16. The monoisotopic (exact) mass is 312 g/mol. The molecule has 2 aliphatic carbocycles. The highest BCUT2D eigenvalue weighted by Crippen LogP contribution is 2.63. The summed E-state index contributed by atoms with van der Waals surface area (Å²) in [5.41, 5.74) is 1.54. The normalized spacial score (nSPS) is 27.9. The van der Waals surface area contributed by atoms with Gasteiger partial charge in [0.15, 0.2) is 0 Å². The molecule has 0 aromatic heterocycles. The number of fused-ring (bicyclic) bond motifs is 2. The first kappa shape index (κ1) is 16.5. The Labute approximate surface area is 140 Å². The van der Waals surface area contributed by atoms with Crippen molar-refractivity contribution in [1.29, 1.82) is 0 Å². The first-order valence-electron chi connectivity index (χ1n) is 8.74. The van der Waals surface area contributed by atoms with Crippen LogP contribution < -0.4 is 0 Å². The summed E-state index contributed by atoms with van der Waals surface area (Å²) in [5.74, 6) is 2.01. The van der Waals surface area contributed by atoms with E-state index in [9.17, 15) is 0 Å². The molecule has 2 saturated carbocycles. The zero-order chi connectivity index (χ0) is 16.1. The molecule has 0 radical (unpaired) electrons. The summed E-state index contributed by atoms with van der Waals surface area (Å²) >= 11 is 0. The molecule has 0 N–H and O–H groups in total. The number of benzene rings is 1. The third kappa shape index (κ3) is 3.15. The van der Waals surface area contributed by atoms with E-state index in [2.05, 4.69) is 43.5 Å². The molecule has 2 aliphatic rings. The highest BCUT2D eigenvalue weighted by molar-refractivity contribution is 5.28. The molecule has 2 fully saturated rings. The van der Waals surface area contributed by atoms with Crippen LogP contribution in [0.25, 0.3) is 0 Å². The van der Waals surface area contributed by atoms with E-state index >= 15 is 0 Å². The van der Waals surface area contributed by atoms with E-state index in [1.165, 1.54) is 24.8 Å². The van der Waals surface area contributed by atoms with Gasteiger partial charge < -0.3 is 9.47 Å². The minimum Gasteiger partial charge on any atom is -0.377 e. The van der Waals surface area contributed by atoms with Crippen LogP contribution in [0.2, 0.25) is 0 Å². The largest absolute Gasteiger partial charge is 0.377 e. The van der Waals surface area contributed by atoms with Gasteiger partial charge in [-0.05, 0) is 42.6 Å². The molecule has 3 atom stereocenters. The van der Waals surface area contributed by atoms with Gasteiger partial charge in [-0.1, -0.05) is 42.5 Å². The zero-order valence-corrected chi connectivity index (χ0v) is 14.0. The van der Waals surface area contributed by atoms with Crippen LogP contribution in [0.4, 0.5) is 0 Å². The molecule has 0 aliphatic heterocycles. The first-order valence-corrected chi connectivity index (χ1v) is 8.74. The molecule has 124 valence electrons. The minimum atomic E-state index is 0.0935. The van der Waals surface area contributed by atoms with Crippen molar-refractivity contribution < 1.29 is 9.47 Å². The quantitative estimate of drug-likeness (QED) is 0.490. The maximum atomic E-state index is 5.98. The number of rotatable bonds is 9. The summed E-state index contributed by atoms with van der Waals surface area (Å²) in [4.78, 5) is 0. The van der Waals surface area contributed by atoms with Crippen molar-refractivity contribution in [3.05, 3.63) is 61.2 Å². The lowest BCUT2D eigenvalue weighted by molar-refractivity contribution is -0.0540. The van der Waals surface area contributed by atoms with Gasteiger partial charge in [0.2, 0.25) is 0 Å². The SMILES string of the molecule is C=CCOCC1(COCC=C)C2CCC(C2)C1c1ccccc1. The lowest BCUT2D eigenvalue weighted by Crippen LogP contribution is -2.43. The standard InChI is InChI=1S/C21H28O2/c1-3-12-22-15-21(16-23-13-4-2)19-11-10-18(14-19)20(21)17-8-6-5-7-9-17/h3-9,18-20H,1-2,10-16H2. The molecule has 1 aromatic carbocycles. The van der Waals surface area contributed by atoms with E-state index < -0.39 is 0 Å². The molecule has 3 rings (SSSR count). The van der Waals surface area contributed by atoms with Crippen molar-refractivity contribution >= 4 is 0 Å². The van der Waals surface area contributed by atoms with Crippen molar-refractivity contribution in [3.63, 3.8) is 0 Å². The van der Waals surface area contributed by atoms with Gasteiger partial charge in [-0.2, -0.15) is 0 Å². The van der Waals surface area contributed by atoms with E-state index in [0.29, 0.717) is 25.0 Å². The van der Waals surface area contributed by atoms with Gasteiger partial charge in [0, 0.05) is 5.41 Å². The number of ether oxygens (including phenoxy) is 2.